The second-order valence-electron chi connectivity index (χ2n) is 7.90. The lowest BCUT2D eigenvalue weighted by Crippen LogP contribution is -2.21. The summed E-state index contributed by atoms with van der Waals surface area (Å²) in [6, 6.07) is 21.3. The summed E-state index contributed by atoms with van der Waals surface area (Å²) >= 11 is 0. The maximum atomic E-state index is 11.9. The monoisotopic (exact) mass is 599 g/mol. The highest BCUT2D eigenvalue weighted by Crippen LogP contribution is 2.27. The number of amides is 1. The number of hydrogen-bond donors (Lipinski definition) is 5. The number of nitrogens with two attached hydrogens (primary N) is 3. The van der Waals surface area contributed by atoms with Crippen molar-refractivity contribution in [2.45, 2.75) is 18.8 Å². The van der Waals surface area contributed by atoms with E-state index in [0.29, 0.717) is 12.0 Å². The maximum Gasteiger partial charge on any atom is 0.490 e. The molecule has 0 aromatic heterocycles. The van der Waals surface area contributed by atoms with Crippen LogP contribution in [0.5, 0.6) is 0 Å². The normalized spacial score (nSPS) is 11.3. The third-order valence-corrected chi connectivity index (χ3v) is 4.92. The van der Waals surface area contributed by atoms with Crippen molar-refractivity contribution in [1.29, 1.82) is 0 Å². The van der Waals surface area contributed by atoms with Crippen LogP contribution in [-0.4, -0.2) is 52.8 Å². The molecule has 0 aliphatic rings. The standard InChI is InChI=1S/C22H21N5O.2C2HF3O2/c23-22(28)21-9-8-16(14-27-25)11-19(21)12-18-5-1-2-7-20(18)17-6-3-4-15(10-17)13-26-24;2*3-2(4,5)1(6)7/h1-11,13-14H,12,24-25H2,(H2,23,28);2*(H,6,7). The first kappa shape index (κ1) is 34.6. The number of aliphatic carboxylic acids is 2. The van der Waals surface area contributed by atoms with Gasteiger partial charge in [0.1, 0.15) is 0 Å². The van der Waals surface area contributed by atoms with E-state index in [4.69, 9.17) is 37.2 Å². The van der Waals surface area contributed by atoms with Gasteiger partial charge in [-0.25, -0.2) is 9.59 Å². The van der Waals surface area contributed by atoms with E-state index in [1.54, 1.807) is 18.3 Å². The topological polar surface area (TPSA) is 194 Å². The first-order chi connectivity index (χ1) is 19.5. The van der Waals surface area contributed by atoms with E-state index >= 15 is 0 Å². The van der Waals surface area contributed by atoms with Crippen molar-refractivity contribution in [2.24, 2.45) is 27.6 Å². The number of rotatable bonds is 6. The molecule has 0 spiro atoms. The number of benzene rings is 3. The quantitative estimate of drug-likeness (QED) is 0.123. The molecule has 0 saturated carbocycles. The van der Waals surface area contributed by atoms with Crippen molar-refractivity contribution in [2.75, 3.05) is 0 Å². The number of nitrogens with zero attached hydrogens (tertiary/aromatic N) is 2. The van der Waals surface area contributed by atoms with E-state index in [9.17, 15) is 31.1 Å². The van der Waals surface area contributed by atoms with Crippen LogP contribution < -0.4 is 17.4 Å². The first-order valence-corrected chi connectivity index (χ1v) is 11.2. The predicted octanol–water partition coefficient (Wildman–Crippen LogP) is 3.90. The van der Waals surface area contributed by atoms with Crippen molar-refractivity contribution >= 4 is 30.3 Å². The Morgan fingerprint density at radius 2 is 1.21 bits per heavy atom. The van der Waals surface area contributed by atoms with E-state index < -0.39 is 30.2 Å². The van der Waals surface area contributed by atoms with Crippen LogP contribution in [0.4, 0.5) is 26.3 Å². The number of carboxylic acids is 2. The van der Waals surface area contributed by atoms with Crippen molar-refractivity contribution in [3.63, 3.8) is 0 Å². The molecule has 0 aliphatic heterocycles. The minimum absolute atomic E-state index is 0.468. The second-order valence-corrected chi connectivity index (χ2v) is 7.90. The van der Waals surface area contributed by atoms with Gasteiger partial charge >= 0.3 is 24.3 Å². The molecule has 0 radical (unpaired) electrons. The maximum absolute atomic E-state index is 11.9. The Morgan fingerprint density at radius 1 is 0.714 bits per heavy atom. The van der Waals surface area contributed by atoms with Gasteiger partial charge in [-0.05, 0) is 58.0 Å². The molecular weight excluding hydrogens is 576 g/mol. The molecule has 3 aromatic rings. The highest BCUT2D eigenvalue weighted by molar-refractivity contribution is 5.95. The van der Waals surface area contributed by atoms with Gasteiger partial charge in [0.25, 0.3) is 0 Å². The Morgan fingerprint density at radius 3 is 1.69 bits per heavy atom. The Hall–Kier alpha value is -5.41. The molecular formula is C26H23F6N5O5. The molecule has 3 rings (SSSR count). The van der Waals surface area contributed by atoms with Crippen LogP contribution in [0.15, 0.2) is 76.9 Å². The molecule has 0 aliphatic carbocycles. The van der Waals surface area contributed by atoms with Crippen LogP contribution in [0.3, 0.4) is 0 Å². The summed E-state index contributed by atoms with van der Waals surface area (Å²) in [7, 11) is 0. The number of carbonyl (C=O) groups excluding carboxylic acids is 1. The number of hydrogen-bond acceptors (Lipinski definition) is 7. The van der Waals surface area contributed by atoms with Crippen LogP contribution >= 0.6 is 0 Å². The fourth-order valence-corrected chi connectivity index (χ4v) is 3.20. The van der Waals surface area contributed by atoms with Crippen molar-refractivity contribution < 1.29 is 50.9 Å². The lowest BCUT2D eigenvalue weighted by molar-refractivity contribution is -0.193. The molecule has 0 atom stereocenters. The number of primary amides is 1. The molecule has 224 valence electrons. The highest BCUT2D eigenvalue weighted by atomic mass is 19.4. The summed E-state index contributed by atoms with van der Waals surface area (Å²) in [6.45, 7) is 0. The Bertz CT molecular complexity index is 1430. The third kappa shape index (κ3) is 11.4. The number of carboxylic acid groups (broad SMARTS) is 2. The fraction of sp³-hybridized carbons (Fsp3) is 0.115. The van der Waals surface area contributed by atoms with Crippen molar-refractivity contribution in [3.05, 3.63) is 94.5 Å². The van der Waals surface area contributed by atoms with E-state index in [-0.39, 0.29) is 0 Å². The molecule has 0 unspecified atom stereocenters. The van der Waals surface area contributed by atoms with E-state index in [1.807, 2.05) is 54.6 Å². The van der Waals surface area contributed by atoms with Gasteiger partial charge in [0, 0.05) is 5.56 Å². The van der Waals surface area contributed by atoms with Crippen LogP contribution in [0.2, 0.25) is 0 Å². The first-order valence-electron chi connectivity index (χ1n) is 11.2. The molecule has 8 N–H and O–H groups in total. The fourth-order valence-electron chi connectivity index (χ4n) is 3.20. The molecule has 0 bridgehead atoms. The van der Waals surface area contributed by atoms with Crippen LogP contribution in [0.1, 0.15) is 32.6 Å². The Labute approximate surface area is 233 Å². The number of carbonyl (C=O) groups is 3. The molecule has 16 heteroatoms. The van der Waals surface area contributed by atoms with Gasteiger partial charge in [0.15, 0.2) is 0 Å². The summed E-state index contributed by atoms with van der Waals surface area (Å²) in [5.41, 5.74) is 11.7. The molecule has 42 heavy (non-hydrogen) atoms. The van der Waals surface area contributed by atoms with Gasteiger partial charge in [-0.2, -0.15) is 36.5 Å². The largest absolute Gasteiger partial charge is 0.490 e. The molecule has 0 heterocycles. The SMILES string of the molecule is NN=Cc1cccc(-c2ccccc2Cc2cc(C=NN)ccc2C(N)=O)c1.O=C(O)C(F)(F)F.O=C(O)C(F)(F)F. The zero-order valence-electron chi connectivity index (χ0n) is 21.2. The van der Waals surface area contributed by atoms with E-state index in [2.05, 4.69) is 10.2 Å². The summed E-state index contributed by atoms with van der Waals surface area (Å²) < 4.78 is 63.5. The molecule has 10 nitrogen and oxygen atoms in total. The zero-order valence-corrected chi connectivity index (χ0v) is 21.2. The van der Waals surface area contributed by atoms with Gasteiger partial charge in [-0.1, -0.05) is 48.5 Å². The summed E-state index contributed by atoms with van der Waals surface area (Å²) in [4.78, 5) is 29.7. The predicted molar refractivity (Wildman–Crippen MR) is 141 cm³/mol. The smallest absolute Gasteiger partial charge is 0.475 e. The van der Waals surface area contributed by atoms with E-state index in [0.717, 1.165) is 33.4 Å². The minimum Gasteiger partial charge on any atom is -0.475 e. The Kier molecular flexibility index (Phi) is 12.7. The van der Waals surface area contributed by atoms with Crippen molar-refractivity contribution in [3.8, 4) is 11.1 Å². The lowest BCUT2D eigenvalue weighted by atomic mass is 9.91. The molecule has 0 saturated heterocycles. The lowest BCUT2D eigenvalue weighted by Gasteiger charge is -2.13. The van der Waals surface area contributed by atoms with Gasteiger partial charge in [-0.3, -0.25) is 4.79 Å². The molecule has 0 fully saturated rings. The van der Waals surface area contributed by atoms with Crippen LogP contribution in [0.25, 0.3) is 11.1 Å². The molecule has 3 aromatic carbocycles. The summed E-state index contributed by atoms with van der Waals surface area (Å²) in [6.07, 6.45) is -6.49. The van der Waals surface area contributed by atoms with Gasteiger partial charge in [0.05, 0.1) is 12.4 Å². The van der Waals surface area contributed by atoms with Crippen molar-refractivity contribution in [1.82, 2.24) is 0 Å². The average molecular weight is 599 g/mol. The van der Waals surface area contributed by atoms with Gasteiger partial charge in [-0.15, -0.1) is 0 Å². The Balaban J connectivity index is 0.000000522. The number of alkyl halides is 6. The van der Waals surface area contributed by atoms with Crippen LogP contribution in [0, 0.1) is 0 Å². The summed E-state index contributed by atoms with van der Waals surface area (Å²) in [5.74, 6) is 4.55. The number of hydrazone groups is 2. The minimum atomic E-state index is -5.08. The van der Waals surface area contributed by atoms with Gasteiger partial charge < -0.3 is 27.6 Å². The summed E-state index contributed by atoms with van der Waals surface area (Å²) in [5, 5.41) is 21.4. The second kappa shape index (κ2) is 15.4. The van der Waals surface area contributed by atoms with Gasteiger partial charge in [0.2, 0.25) is 5.91 Å². The number of halogens is 6. The van der Waals surface area contributed by atoms with E-state index in [1.165, 1.54) is 6.21 Å². The zero-order chi connectivity index (χ0) is 32.1. The third-order valence-electron chi connectivity index (χ3n) is 4.92. The highest BCUT2D eigenvalue weighted by Gasteiger charge is 2.38. The molecule has 1 amide bonds. The average Bonchev–Trinajstić information content (AvgIpc) is 2.89. The van der Waals surface area contributed by atoms with Crippen LogP contribution in [-0.2, 0) is 16.0 Å².